The fraction of sp³-hybridized carbons (Fsp3) is 0.467. The van der Waals surface area contributed by atoms with E-state index in [0.29, 0.717) is 43.0 Å². The van der Waals surface area contributed by atoms with Crippen molar-refractivity contribution >= 4 is 12.2 Å². The van der Waals surface area contributed by atoms with Crippen LogP contribution in [0.25, 0.3) is 0 Å². The van der Waals surface area contributed by atoms with Crippen LogP contribution in [0.15, 0.2) is 18.2 Å². The summed E-state index contributed by atoms with van der Waals surface area (Å²) in [6.45, 7) is 1.17. The smallest absolute Gasteiger partial charge is 0.261 e. The van der Waals surface area contributed by atoms with Crippen molar-refractivity contribution in [1.82, 2.24) is 4.90 Å². The molecule has 1 saturated heterocycles. The quantitative estimate of drug-likeness (QED) is 0.787. The lowest BCUT2D eigenvalue weighted by molar-refractivity contribution is -0.112. The summed E-state index contributed by atoms with van der Waals surface area (Å²) in [6, 6.07) is 5.27. The zero-order chi connectivity index (χ0) is 14.5. The normalized spacial score (nSPS) is 15.8. The van der Waals surface area contributed by atoms with Gasteiger partial charge in [-0.2, -0.15) is 0 Å². The Morgan fingerprint density at radius 3 is 2.20 bits per heavy atom. The van der Waals surface area contributed by atoms with Gasteiger partial charge in [0.2, 0.25) is 0 Å². The second-order valence-electron chi connectivity index (χ2n) is 4.80. The van der Waals surface area contributed by atoms with Crippen LogP contribution in [-0.4, -0.2) is 44.4 Å². The molecule has 1 heterocycles. The van der Waals surface area contributed by atoms with Gasteiger partial charge in [0.1, 0.15) is 23.3 Å². The third-order valence-electron chi connectivity index (χ3n) is 3.66. The number of carbonyl (C=O) groups is 2. The minimum absolute atomic E-state index is 0.0682. The van der Waals surface area contributed by atoms with Gasteiger partial charge < -0.3 is 19.2 Å². The monoisotopic (exact) mass is 277 g/mol. The van der Waals surface area contributed by atoms with Gasteiger partial charge in [-0.25, -0.2) is 0 Å². The average molecular weight is 277 g/mol. The number of methoxy groups -OCH3 is 2. The van der Waals surface area contributed by atoms with Crippen molar-refractivity contribution in [1.29, 1.82) is 0 Å². The van der Waals surface area contributed by atoms with Crippen LogP contribution in [0, 0.1) is 5.92 Å². The predicted molar refractivity (Wildman–Crippen MR) is 74.2 cm³/mol. The molecule has 0 saturated carbocycles. The maximum absolute atomic E-state index is 12.6. The molecule has 5 nitrogen and oxygen atoms in total. The van der Waals surface area contributed by atoms with Gasteiger partial charge in [0.05, 0.1) is 14.2 Å². The van der Waals surface area contributed by atoms with Crippen LogP contribution in [0.2, 0.25) is 0 Å². The molecule has 0 aliphatic carbocycles. The first-order valence-electron chi connectivity index (χ1n) is 6.66. The molecule has 20 heavy (non-hydrogen) atoms. The van der Waals surface area contributed by atoms with Crippen LogP contribution < -0.4 is 9.47 Å². The number of amides is 1. The van der Waals surface area contributed by atoms with E-state index in [-0.39, 0.29) is 11.8 Å². The summed E-state index contributed by atoms with van der Waals surface area (Å²) in [5.74, 6) is 0.973. The van der Waals surface area contributed by atoms with Gasteiger partial charge in [-0.05, 0) is 25.0 Å². The van der Waals surface area contributed by atoms with Crippen LogP contribution in [0.4, 0.5) is 0 Å². The van der Waals surface area contributed by atoms with Crippen LogP contribution in [0.1, 0.15) is 23.2 Å². The Morgan fingerprint density at radius 2 is 1.75 bits per heavy atom. The Hall–Kier alpha value is -2.04. The van der Waals surface area contributed by atoms with Crippen molar-refractivity contribution in [3.05, 3.63) is 23.8 Å². The maximum Gasteiger partial charge on any atom is 0.261 e. The molecule has 0 radical (unpaired) electrons. The summed E-state index contributed by atoms with van der Waals surface area (Å²) in [5, 5.41) is 0. The van der Waals surface area contributed by atoms with Crippen LogP contribution in [-0.2, 0) is 4.79 Å². The highest BCUT2D eigenvalue weighted by Crippen LogP contribution is 2.30. The molecule has 0 atom stereocenters. The summed E-state index contributed by atoms with van der Waals surface area (Å²) < 4.78 is 10.5. The van der Waals surface area contributed by atoms with E-state index < -0.39 is 0 Å². The predicted octanol–water partition coefficient (Wildman–Crippen LogP) is 1.75. The molecule has 0 aromatic heterocycles. The van der Waals surface area contributed by atoms with E-state index in [2.05, 4.69) is 0 Å². The minimum atomic E-state index is -0.108. The van der Waals surface area contributed by atoms with Gasteiger partial charge in [0, 0.05) is 19.0 Å². The summed E-state index contributed by atoms with van der Waals surface area (Å²) in [5.41, 5.74) is 0.446. The Labute approximate surface area is 118 Å². The summed E-state index contributed by atoms with van der Waals surface area (Å²) >= 11 is 0. The lowest BCUT2D eigenvalue weighted by atomic mass is 9.98. The van der Waals surface area contributed by atoms with Gasteiger partial charge >= 0.3 is 0 Å². The van der Waals surface area contributed by atoms with Crippen molar-refractivity contribution in [2.75, 3.05) is 27.3 Å². The molecule has 0 spiro atoms. The molecule has 1 fully saturated rings. The fourth-order valence-electron chi connectivity index (χ4n) is 2.46. The molecule has 1 aromatic rings. The van der Waals surface area contributed by atoms with E-state index in [0.717, 1.165) is 6.29 Å². The highest BCUT2D eigenvalue weighted by Gasteiger charge is 2.27. The molecular formula is C15H19NO4. The summed E-state index contributed by atoms with van der Waals surface area (Å²) in [4.78, 5) is 25.1. The second-order valence-corrected chi connectivity index (χ2v) is 4.80. The largest absolute Gasteiger partial charge is 0.496 e. The molecule has 2 rings (SSSR count). The van der Waals surface area contributed by atoms with Gasteiger partial charge in [-0.3, -0.25) is 4.79 Å². The lowest BCUT2D eigenvalue weighted by Gasteiger charge is -2.30. The molecular weight excluding hydrogens is 258 g/mol. The van der Waals surface area contributed by atoms with E-state index in [1.165, 1.54) is 14.2 Å². The number of aldehydes is 1. The molecule has 1 amide bonds. The van der Waals surface area contributed by atoms with Crippen LogP contribution >= 0.6 is 0 Å². The molecule has 0 unspecified atom stereocenters. The van der Waals surface area contributed by atoms with E-state index >= 15 is 0 Å². The van der Waals surface area contributed by atoms with Gasteiger partial charge in [0.25, 0.3) is 5.91 Å². The molecule has 1 aromatic carbocycles. The number of nitrogens with zero attached hydrogens (tertiary/aromatic N) is 1. The third-order valence-corrected chi connectivity index (χ3v) is 3.66. The SMILES string of the molecule is COc1cccc(OC)c1C(=O)N1CCC(C=O)CC1. The van der Waals surface area contributed by atoms with Crippen LogP contribution in [0.5, 0.6) is 11.5 Å². The van der Waals surface area contributed by atoms with E-state index in [4.69, 9.17) is 9.47 Å². The average Bonchev–Trinajstić information content (AvgIpc) is 2.53. The standard InChI is InChI=1S/C15H19NO4/c1-19-12-4-3-5-13(20-2)14(12)15(18)16-8-6-11(10-17)7-9-16/h3-5,10-11H,6-9H2,1-2H3. The van der Waals surface area contributed by atoms with Crippen molar-refractivity contribution in [2.45, 2.75) is 12.8 Å². The van der Waals surface area contributed by atoms with Crippen molar-refractivity contribution < 1.29 is 19.1 Å². The Balaban J connectivity index is 2.23. The number of likely N-dealkylation sites (tertiary alicyclic amines) is 1. The first kappa shape index (κ1) is 14.4. The Bertz CT molecular complexity index is 470. The number of carbonyl (C=O) groups excluding carboxylic acids is 2. The van der Waals surface area contributed by atoms with Gasteiger partial charge in [-0.15, -0.1) is 0 Å². The number of rotatable bonds is 4. The molecule has 5 heteroatoms. The number of ether oxygens (including phenoxy) is 2. The summed E-state index contributed by atoms with van der Waals surface area (Å²) in [7, 11) is 3.06. The highest BCUT2D eigenvalue weighted by atomic mass is 16.5. The second kappa shape index (κ2) is 6.41. The molecule has 0 bridgehead atoms. The van der Waals surface area contributed by atoms with Crippen LogP contribution in [0.3, 0.4) is 0 Å². The lowest BCUT2D eigenvalue weighted by Crippen LogP contribution is -2.39. The first-order valence-corrected chi connectivity index (χ1v) is 6.66. The number of hydrogen-bond donors (Lipinski definition) is 0. The van der Waals surface area contributed by atoms with E-state index in [9.17, 15) is 9.59 Å². The fourth-order valence-corrected chi connectivity index (χ4v) is 2.46. The maximum atomic E-state index is 12.6. The third kappa shape index (κ3) is 2.76. The van der Waals surface area contributed by atoms with E-state index in [1.807, 2.05) is 0 Å². The zero-order valence-corrected chi connectivity index (χ0v) is 11.8. The van der Waals surface area contributed by atoms with E-state index in [1.54, 1.807) is 23.1 Å². The number of benzene rings is 1. The Morgan fingerprint density at radius 1 is 1.20 bits per heavy atom. The highest BCUT2D eigenvalue weighted by molar-refractivity contribution is 5.99. The van der Waals surface area contributed by atoms with Crippen molar-refractivity contribution in [3.63, 3.8) is 0 Å². The first-order chi connectivity index (χ1) is 9.71. The minimum Gasteiger partial charge on any atom is -0.496 e. The van der Waals surface area contributed by atoms with Gasteiger partial charge in [-0.1, -0.05) is 6.07 Å². The van der Waals surface area contributed by atoms with Gasteiger partial charge in [0.15, 0.2) is 0 Å². The number of piperidine rings is 1. The molecule has 0 N–H and O–H groups in total. The topological polar surface area (TPSA) is 55.8 Å². The molecule has 108 valence electrons. The van der Waals surface area contributed by atoms with Crippen molar-refractivity contribution in [3.8, 4) is 11.5 Å². The zero-order valence-electron chi connectivity index (χ0n) is 11.8. The molecule has 1 aliphatic heterocycles. The van der Waals surface area contributed by atoms with Crippen molar-refractivity contribution in [2.24, 2.45) is 5.92 Å². The number of hydrogen-bond acceptors (Lipinski definition) is 4. The molecule has 1 aliphatic rings. The summed E-state index contributed by atoms with van der Waals surface area (Å²) in [6.07, 6.45) is 2.41. The Kier molecular flexibility index (Phi) is 4.61.